The van der Waals surface area contributed by atoms with Crippen molar-refractivity contribution in [3.05, 3.63) is 256 Å². The Bertz CT molecular complexity index is 3040. The molecular weight excluding hydrogens is 1250 g/mol. The SMILES string of the molecule is C=CC[Si]1(C)O[Si](C)(CC=C)O[Si](C)(C/C=C\c2ccc([Si]3(C=C)O[Si](C=C)(c4ccccc4)O[Si](C=C)(c4ccc(/C=C/[Si]5(C)O[Si](C)(C=C)O[Si](C)(C=C)O[Si](C)(C=C)O5)cc4)O[Si](C=C)(c4ccccc4)O3)cc2)O[Si](C)(CC=C)O1. The Morgan fingerprint density at radius 3 is 0.845 bits per heavy atom. The fourth-order valence-corrected chi connectivity index (χ4v) is 69.9. The van der Waals surface area contributed by atoms with E-state index in [1.54, 1.807) is 17.1 Å². The van der Waals surface area contributed by atoms with E-state index >= 15 is 0 Å². The van der Waals surface area contributed by atoms with Gasteiger partial charge in [-0.1, -0.05) is 163 Å². The third-order valence-corrected chi connectivity index (χ3v) is 64.9. The van der Waals surface area contributed by atoms with Crippen molar-refractivity contribution in [3.63, 3.8) is 0 Å². The van der Waals surface area contributed by atoms with Crippen molar-refractivity contribution in [2.45, 2.75) is 76.6 Å². The van der Waals surface area contributed by atoms with E-state index in [9.17, 15) is 0 Å². The summed E-state index contributed by atoms with van der Waals surface area (Å²) in [7, 11) is -39.0. The molecule has 0 aliphatic carbocycles. The van der Waals surface area contributed by atoms with Crippen LogP contribution in [0.25, 0.3) is 12.2 Å². The van der Waals surface area contributed by atoms with E-state index < -0.39 is 103 Å². The molecule has 4 aromatic rings. The second-order valence-electron chi connectivity index (χ2n) is 22.3. The molecular formula is C60H84O12Si12. The van der Waals surface area contributed by atoms with Crippen LogP contribution in [0.5, 0.6) is 0 Å². The number of benzene rings is 4. The molecule has 3 aliphatic rings. The van der Waals surface area contributed by atoms with E-state index in [0.29, 0.717) is 24.2 Å². The highest BCUT2D eigenvalue weighted by molar-refractivity contribution is 7.10. The van der Waals surface area contributed by atoms with Crippen LogP contribution < -0.4 is 20.7 Å². The normalized spacial score (nSPS) is 36.7. The standard InChI is InChI=1S/C60H84O12Si12/c1-19-50-76(14)65-77(15,51-20-2)67-79(17,68-78(16,66-76)52-21-3)53-35-36-55-41-45-59(46-42-55)83(27-9)69-81(25-7,57-37-31-29-32-38-57)71-84(28-10,72-82(26-8,70-83)58-39-33-30-34-40-58)60-47-43-56(44-48-60)49-54-80(18)63-74(12,23-5)61-73(11,22-4)62-75(13,24-6)64-80/h19-49,54H,1-10,50-53H2,11-18H3/b36-35-,54-49+. The molecule has 24 heteroatoms. The Morgan fingerprint density at radius 1 is 0.286 bits per heavy atom. The molecule has 3 fully saturated rings. The third kappa shape index (κ3) is 15.2. The highest BCUT2D eigenvalue weighted by atomic mass is 28.5. The van der Waals surface area contributed by atoms with E-state index in [4.69, 9.17) is 49.4 Å². The molecule has 4 aromatic carbocycles. The van der Waals surface area contributed by atoms with E-state index in [1.165, 1.54) is 0 Å². The molecule has 12 nitrogen and oxygen atoms in total. The van der Waals surface area contributed by atoms with Gasteiger partial charge in [-0.15, -0.1) is 65.8 Å². The van der Waals surface area contributed by atoms with Gasteiger partial charge in [0, 0.05) is 24.2 Å². The minimum absolute atomic E-state index is 0.554. The van der Waals surface area contributed by atoms with Crippen LogP contribution in [0.1, 0.15) is 11.1 Å². The maximum atomic E-state index is 7.82. The predicted molar refractivity (Wildman–Crippen MR) is 373 cm³/mol. The molecule has 0 spiro atoms. The van der Waals surface area contributed by atoms with E-state index in [2.05, 4.69) is 116 Å². The van der Waals surface area contributed by atoms with E-state index in [1.807, 2.05) is 176 Å². The largest absolute Gasteiger partial charge is 0.415 e. The summed E-state index contributed by atoms with van der Waals surface area (Å²) in [6.45, 7) is 58.6. The Morgan fingerprint density at radius 2 is 0.560 bits per heavy atom. The Balaban J connectivity index is 1.28. The number of hydrogen-bond donors (Lipinski definition) is 0. The zero-order chi connectivity index (χ0) is 61.4. The fraction of sp³-hybridized carbons (Fsp3) is 0.200. The molecule has 0 saturated carbocycles. The molecule has 7 rings (SSSR count). The molecule has 6 unspecified atom stereocenters. The molecule has 0 radical (unpaired) electrons. The van der Waals surface area contributed by atoms with Crippen molar-refractivity contribution in [3.8, 4) is 0 Å². The second kappa shape index (κ2) is 26.7. The Kier molecular flexibility index (Phi) is 21.4. The van der Waals surface area contributed by atoms with Crippen molar-refractivity contribution >= 4 is 136 Å². The van der Waals surface area contributed by atoms with Crippen LogP contribution in [0.3, 0.4) is 0 Å². The molecule has 3 aliphatic heterocycles. The summed E-state index contributed by atoms with van der Waals surface area (Å²) < 4.78 is 86.9. The van der Waals surface area contributed by atoms with Crippen LogP contribution in [-0.2, 0) is 49.4 Å². The molecule has 444 valence electrons. The summed E-state index contributed by atoms with van der Waals surface area (Å²) in [4.78, 5) is 0. The molecule has 3 saturated heterocycles. The molecule has 3 heterocycles. The first kappa shape index (κ1) is 67.4. The number of allylic oxidation sites excluding steroid dienone is 4. The summed E-state index contributed by atoms with van der Waals surface area (Å²) in [6.07, 6.45) is 11.9. The van der Waals surface area contributed by atoms with Gasteiger partial charge in [-0.05, 0) is 113 Å². The fourth-order valence-electron chi connectivity index (χ4n) is 11.0. The van der Waals surface area contributed by atoms with Crippen molar-refractivity contribution in [1.29, 1.82) is 0 Å². The lowest BCUT2D eigenvalue weighted by Gasteiger charge is -2.50. The van der Waals surface area contributed by atoms with Gasteiger partial charge in [0.2, 0.25) is 0 Å². The van der Waals surface area contributed by atoms with Gasteiger partial charge in [-0.3, -0.25) is 0 Å². The molecule has 0 N–H and O–H groups in total. The lowest BCUT2D eigenvalue weighted by Crippen LogP contribution is -2.78. The van der Waals surface area contributed by atoms with Crippen LogP contribution >= 0.6 is 0 Å². The monoisotopic (exact) mass is 1330 g/mol. The smallest absolute Gasteiger partial charge is 0.382 e. The first-order chi connectivity index (χ1) is 39.7. The van der Waals surface area contributed by atoms with Gasteiger partial charge in [0.1, 0.15) is 0 Å². The van der Waals surface area contributed by atoms with Crippen LogP contribution in [0, 0.1) is 0 Å². The van der Waals surface area contributed by atoms with Gasteiger partial charge in [0.25, 0.3) is 0 Å². The Labute approximate surface area is 513 Å². The zero-order valence-corrected chi connectivity index (χ0v) is 62.3. The summed E-state index contributed by atoms with van der Waals surface area (Å²) >= 11 is 0. The van der Waals surface area contributed by atoms with Crippen LogP contribution in [0.4, 0.5) is 0 Å². The summed E-state index contributed by atoms with van der Waals surface area (Å²) in [5.41, 5.74) is 16.4. The van der Waals surface area contributed by atoms with Gasteiger partial charge in [-0.2, -0.15) is 0 Å². The molecule has 0 aromatic heterocycles. The topological polar surface area (TPSA) is 111 Å². The predicted octanol–water partition coefficient (Wildman–Crippen LogP) is 12.4. The summed E-state index contributed by atoms with van der Waals surface area (Å²) in [5.74, 6) is 0. The molecule has 84 heavy (non-hydrogen) atoms. The van der Waals surface area contributed by atoms with Crippen LogP contribution in [-0.4, -0.2) is 103 Å². The maximum Gasteiger partial charge on any atom is 0.382 e. The minimum atomic E-state index is -3.91. The van der Waals surface area contributed by atoms with Crippen molar-refractivity contribution in [2.75, 3.05) is 0 Å². The minimum Gasteiger partial charge on any atom is -0.415 e. The van der Waals surface area contributed by atoms with Gasteiger partial charge < -0.3 is 49.4 Å². The van der Waals surface area contributed by atoms with Crippen LogP contribution in [0.2, 0.25) is 76.6 Å². The highest BCUT2D eigenvalue weighted by Crippen LogP contribution is 2.39. The molecule has 0 bridgehead atoms. The first-order valence-corrected chi connectivity index (χ1v) is 55.3. The van der Waals surface area contributed by atoms with Gasteiger partial charge in [-0.25, -0.2) is 0 Å². The summed E-state index contributed by atoms with van der Waals surface area (Å²) in [5, 5.41) is 3.17. The van der Waals surface area contributed by atoms with Crippen LogP contribution in [0.15, 0.2) is 245 Å². The van der Waals surface area contributed by atoms with Crippen molar-refractivity contribution in [2.24, 2.45) is 0 Å². The van der Waals surface area contributed by atoms with Gasteiger partial charge in [0.05, 0.1) is 0 Å². The average molecular weight is 1330 g/mol. The molecule has 0 amide bonds. The lowest BCUT2D eigenvalue weighted by atomic mass is 10.2. The van der Waals surface area contributed by atoms with Crippen molar-refractivity contribution in [1.82, 2.24) is 0 Å². The average Bonchev–Trinajstić information content (AvgIpc) is 1.97. The zero-order valence-electron chi connectivity index (χ0n) is 50.3. The lowest BCUT2D eigenvalue weighted by molar-refractivity contribution is 0.229. The van der Waals surface area contributed by atoms with Crippen molar-refractivity contribution < 1.29 is 49.4 Å². The number of rotatable bonds is 22. The Hall–Kier alpha value is -4.12. The van der Waals surface area contributed by atoms with Gasteiger partial charge >= 0.3 is 103 Å². The summed E-state index contributed by atoms with van der Waals surface area (Å²) in [6, 6.07) is 38.5. The maximum absolute atomic E-state index is 7.82. The first-order valence-electron chi connectivity index (χ1n) is 28.0. The quantitative estimate of drug-likeness (QED) is 0.0552. The van der Waals surface area contributed by atoms with Gasteiger partial charge in [0.15, 0.2) is 0 Å². The third-order valence-electron chi connectivity index (χ3n) is 14.6. The highest BCUT2D eigenvalue weighted by Gasteiger charge is 2.63. The second-order valence-corrected chi connectivity index (χ2v) is 61.8. The van der Waals surface area contributed by atoms with E-state index in [-0.39, 0.29) is 0 Å². The van der Waals surface area contributed by atoms with E-state index in [0.717, 1.165) is 31.9 Å². The molecule has 6 atom stereocenters. The number of hydrogen-bond acceptors (Lipinski definition) is 12.